The van der Waals surface area contributed by atoms with Crippen molar-refractivity contribution < 1.29 is 33.0 Å². The standard InChI is InChI=1S/C30H34F3N3O4/c31-20-10-8-19(9-11-20)28(39)29-35-24-15-22(32)23(33)16-25(24)36(29)27(18-4-2-1-3-5-18)30(40)34-21-12-6-17(7-13-21)14-26(37)38/h8-11,15-18,21,27-28,39H,1-7,12-14H2,(H,34,40)(H,37,38). The van der Waals surface area contributed by atoms with Crippen molar-refractivity contribution in [1.29, 1.82) is 0 Å². The summed E-state index contributed by atoms with van der Waals surface area (Å²) in [5.41, 5.74) is 0.641. The van der Waals surface area contributed by atoms with Gasteiger partial charge in [0.25, 0.3) is 0 Å². The maximum absolute atomic E-state index is 14.6. The molecule has 10 heteroatoms. The van der Waals surface area contributed by atoms with Crippen molar-refractivity contribution in [1.82, 2.24) is 14.9 Å². The minimum atomic E-state index is -1.37. The SMILES string of the molecule is O=C(O)CC1CCC(NC(=O)C(C2CCCCC2)n2c(C(O)c3ccc(F)cc3)nc3cc(F)c(F)cc32)CC1. The van der Waals surface area contributed by atoms with E-state index in [-0.39, 0.29) is 47.1 Å². The first-order valence-electron chi connectivity index (χ1n) is 14.0. The van der Waals surface area contributed by atoms with Crippen molar-refractivity contribution in [2.45, 2.75) is 82.4 Å². The number of aliphatic hydroxyl groups excluding tert-OH is 1. The van der Waals surface area contributed by atoms with E-state index in [1.165, 1.54) is 24.3 Å². The molecule has 2 aliphatic rings. The van der Waals surface area contributed by atoms with Gasteiger partial charge in [-0.3, -0.25) is 9.59 Å². The number of benzene rings is 2. The number of hydrogen-bond acceptors (Lipinski definition) is 4. The van der Waals surface area contributed by atoms with Gasteiger partial charge in [-0.2, -0.15) is 0 Å². The molecule has 0 aliphatic heterocycles. The molecular weight excluding hydrogens is 523 g/mol. The van der Waals surface area contributed by atoms with Gasteiger partial charge in [-0.05, 0) is 68.1 Å². The molecule has 1 aromatic heterocycles. The third kappa shape index (κ3) is 6.01. The number of amides is 1. The van der Waals surface area contributed by atoms with Crippen LogP contribution in [0.2, 0.25) is 0 Å². The largest absolute Gasteiger partial charge is 0.481 e. The molecule has 1 heterocycles. The van der Waals surface area contributed by atoms with Crippen molar-refractivity contribution >= 4 is 22.9 Å². The number of aliphatic hydroxyl groups is 1. The van der Waals surface area contributed by atoms with Gasteiger partial charge in [0.1, 0.15) is 23.8 Å². The predicted molar refractivity (Wildman–Crippen MR) is 142 cm³/mol. The van der Waals surface area contributed by atoms with Crippen molar-refractivity contribution in [3.8, 4) is 0 Å². The number of carbonyl (C=O) groups excluding carboxylic acids is 1. The Bertz CT molecular complexity index is 1360. The maximum Gasteiger partial charge on any atom is 0.303 e. The van der Waals surface area contributed by atoms with Gasteiger partial charge in [-0.25, -0.2) is 18.2 Å². The van der Waals surface area contributed by atoms with E-state index in [1.807, 2.05) is 0 Å². The number of carboxylic acids is 1. The minimum absolute atomic E-state index is 0.0579. The van der Waals surface area contributed by atoms with Crippen LogP contribution in [0.3, 0.4) is 0 Å². The van der Waals surface area contributed by atoms with E-state index >= 15 is 0 Å². The van der Waals surface area contributed by atoms with E-state index in [0.29, 0.717) is 31.2 Å². The lowest BCUT2D eigenvalue weighted by Crippen LogP contribution is -2.44. The molecule has 3 aromatic rings. The van der Waals surface area contributed by atoms with Gasteiger partial charge in [-0.15, -0.1) is 0 Å². The van der Waals surface area contributed by atoms with Crippen LogP contribution in [0.1, 0.15) is 87.7 Å². The zero-order valence-corrected chi connectivity index (χ0v) is 22.2. The predicted octanol–water partition coefficient (Wildman–Crippen LogP) is 5.81. The van der Waals surface area contributed by atoms with E-state index in [1.54, 1.807) is 4.57 Å². The first-order valence-corrected chi connectivity index (χ1v) is 14.0. The first-order chi connectivity index (χ1) is 19.2. The molecule has 0 spiro atoms. The van der Waals surface area contributed by atoms with Gasteiger partial charge in [0.15, 0.2) is 11.6 Å². The molecule has 2 saturated carbocycles. The molecule has 214 valence electrons. The molecule has 2 unspecified atom stereocenters. The highest BCUT2D eigenvalue weighted by Gasteiger charge is 2.37. The average molecular weight is 558 g/mol. The molecule has 7 nitrogen and oxygen atoms in total. The van der Waals surface area contributed by atoms with Gasteiger partial charge in [-0.1, -0.05) is 31.4 Å². The van der Waals surface area contributed by atoms with Crippen molar-refractivity contribution in [3.05, 3.63) is 65.2 Å². The minimum Gasteiger partial charge on any atom is -0.481 e. The van der Waals surface area contributed by atoms with E-state index in [9.17, 15) is 27.9 Å². The topological polar surface area (TPSA) is 104 Å². The number of aromatic nitrogens is 2. The summed E-state index contributed by atoms with van der Waals surface area (Å²) in [4.78, 5) is 29.7. The van der Waals surface area contributed by atoms with E-state index in [0.717, 1.165) is 44.2 Å². The Morgan fingerprint density at radius 3 is 2.25 bits per heavy atom. The quantitative estimate of drug-likeness (QED) is 0.325. The van der Waals surface area contributed by atoms with Crippen LogP contribution < -0.4 is 5.32 Å². The highest BCUT2D eigenvalue weighted by Crippen LogP contribution is 2.39. The molecular formula is C30H34F3N3O4. The molecule has 2 fully saturated rings. The number of nitrogens with one attached hydrogen (secondary N) is 1. The Balaban J connectivity index is 1.54. The summed E-state index contributed by atoms with van der Waals surface area (Å²) in [6.45, 7) is 0. The molecule has 2 atom stereocenters. The third-order valence-corrected chi connectivity index (χ3v) is 8.49. The number of fused-ring (bicyclic) bond motifs is 1. The van der Waals surface area contributed by atoms with E-state index in [4.69, 9.17) is 5.11 Å². The number of aliphatic carboxylic acids is 1. The zero-order valence-electron chi connectivity index (χ0n) is 22.2. The number of rotatable bonds is 8. The smallest absolute Gasteiger partial charge is 0.303 e. The molecule has 1 amide bonds. The summed E-state index contributed by atoms with van der Waals surface area (Å²) in [7, 11) is 0. The van der Waals surface area contributed by atoms with Gasteiger partial charge in [0, 0.05) is 24.6 Å². The Morgan fingerprint density at radius 1 is 0.950 bits per heavy atom. The normalized spacial score (nSPS) is 21.7. The van der Waals surface area contributed by atoms with Crippen LogP contribution in [-0.2, 0) is 9.59 Å². The third-order valence-electron chi connectivity index (χ3n) is 8.49. The van der Waals surface area contributed by atoms with Crippen LogP contribution in [0.5, 0.6) is 0 Å². The highest BCUT2D eigenvalue weighted by molar-refractivity contribution is 5.85. The Hall–Kier alpha value is -3.40. The monoisotopic (exact) mass is 557 g/mol. The number of carbonyl (C=O) groups is 2. The van der Waals surface area contributed by atoms with Crippen molar-refractivity contribution in [2.24, 2.45) is 11.8 Å². The molecule has 2 aliphatic carbocycles. The van der Waals surface area contributed by atoms with E-state index < -0.39 is 35.6 Å². The summed E-state index contributed by atoms with van der Waals surface area (Å²) >= 11 is 0. The number of halogens is 3. The van der Waals surface area contributed by atoms with Crippen molar-refractivity contribution in [3.63, 3.8) is 0 Å². The average Bonchev–Trinajstić information content (AvgIpc) is 3.28. The van der Waals surface area contributed by atoms with Crippen LogP contribution in [0, 0.1) is 29.3 Å². The highest BCUT2D eigenvalue weighted by atomic mass is 19.2. The first kappa shape index (κ1) is 28.1. The second-order valence-electron chi connectivity index (χ2n) is 11.2. The van der Waals surface area contributed by atoms with Crippen LogP contribution in [0.25, 0.3) is 11.0 Å². The Kier molecular flexibility index (Phi) is 8.44. The summed E-state index contributed by atoms with van der Waals surface area (Å²) < 4.78 is 44.0. The fourth-order valence-electron chi connectivity index (χ4n) is 6.42. The number of nitrogens with zero attached hydrogens (tertiary/aromatic N) is 2. The summed E-state index contributed by atoms with van der Waals surface area (Å²) in [5, 5.41) is 23.7. The zero-order chi connectivity index (χ0) is 28.4. The Labute approximate surface area is 230 Å². The summed E-state index contributed by atoms with van der Waals surface area (Å²) in [6, 6.07) is 6.23. The van der Waals surface area contributed by atoms with Crippen LogP contribution in [-0.4, -0.2) is 37.7 Å². The molecule has 0 saturated heterocycles. The number of imidazole rings is 1. The maximum atomic E-state index is 14.6. The molecule has 3 N–H and O–H groups in total. The fraction of sp³-hybridized carbons (Fsp3) is 0.500. The van der Waals surface area contributed by atoms with Crippen LogP contribution >= 0.6 is 0 Å². The molecule has 0 bridgehead atoms. The molecule has 5 rings (SSSR count). The van der Waals surface area contributed by atoms with Gasteiger partial charge in [0.05, 0.1) is 11.0 Å². The number of hydrogen-bond donors (Lipinski definition) is 3. The lowest BCUT2D eigenvalue weighted by atomic mass is 9.82. The van der Waals surface area contributed by atoms with Gasteiger partial charge >= 0.3 is 5.97 Å². The molecule has 2 aromatic carbocycles. The molecule has 40 heavy (non-hydrogen) atoms. The van der Waals surface area contributed by atoms with Gasteiger partial charge in [0.2, 0.25) is 5.91 Å². The lowest BCUT2D eigenvalue weighted by molar-refractivity contribution is -0.138. The second kappa shape index (κ2) is 12.0. The van der Waals surface area contributed by atoms with Crippen LogP contribution in [0.15, 0.2) is 36.4 Å². The molecule has 0 radical (unpaired) electrons. The number of carboxylic acid groups (broad SMARTS) is 1. The second-order valence-corrected chi connectivity index (χ2v) is 11.2. The Morgan fingerprint density at radius 2 is 1.60 bits per heavy atom. The summed E-state index contributed by atoms with van der Waals surface area (Å²) in [6.07, 6.45) is 5.79. The van der Waals surface area contributed by atoms with E-state index in [2.05, 4.69) is 10.3 Å². The lowest BCUT2D eigenvalue weighted by Gasteiger charge is -2.35. The summed E-state index contributed by atoms with van der Waals surface area (Å²) in [5.74, 6) is -3.76. The van der Waals surface area contributed by atoms with Gasteiger partial charge < -0.3 is 20.1 Å². The van der Waals surface area contributed by atoms with Crippen molar-refractivity contribution in [2.75, 3.05) is 0 Å². The van der Waals surface area contributed by atoms with Crippen LogP contribution in [0.4, 0.5) is 13.2 Å². The fourth-order valence-corrected chi connectivity index (χ4v) is 6.42.